The van der Waals surface area contributed by atoms with E-state index in [1.54, 1.807) is 30.5 Å². The summed E-state index contributed by atoms with van der Waals surface area (Å²) in [5, 5.41) is 14.7. The molecule has 6 nitrogen and oxygen atoms in total. The van der Waals surface area contributed by atoms with Crippen LogP contribution in [0.1, 0.15) is 21.5 Å². The summed E-state index contributed by atoms with van der Waals surface area (Å²) in [6, 6.07) is 20.6. The molecular formula is C21H17N3O3. The second kappa shape index (κ2) is 8.55. The van der Waals surface area contributed by atoms with Gasteiger partial charge in [0.1, 0.15) is 0 Å². The van der Waals surface area contributed by atoms with Gasteiger partial charge < -0.3 is 0 Å². The number of hydroxylamine groups is 1. The second-order valence-corrected chi connectivity index (χ2v) is 5.74. The molecule has 0 heterocycles. The lowest BCUT2D eigenvalue weighted by molar-refractivity contribution is -0.124. The number of carbonyl (C=O) groups excluding carboxylic acids is 2. The van der Waals surface area contributed by atoms with Crippen LogP contribution in [0.25, 0.3) is 16.8 Å². The van der Waals surface area contributed by atoms with E-state index in [0.717, 1.165) is 22.4 Å². The minimum Gasteiger partial charge on any atom is -0.288 e. The van der Waals surface area contributed by atoms with Gasteiger partial charge in [0.15, 0.2) is 0 Å². The number of hydrazone groups is 1. The summed E-state index contributed by atoms with van der Waals surface area (Å²) in [5.74, 6) is -1.02. The van der Waals surface area contributed by atoms with E-state index >= 15 is 0 Å². The van der Waals surface area contributed by atoms with Gasteiger partial charge in [0, 0.05) is 11.6 Å². The Morgan fingerprint density at radius 3 is 2.52 bits per heavy atom. The molecule has 0 aliphatic heterocycles. The SMILES string of the molecule is O=C(/C=C/c1cccc(C(=O)N/N=C/c2ccc3ccccc3c2)c1)NO. The van der Waals surface area contributed by atoms with Gasteiger partial charge in [-0.2, -0.15) is 5.10 Å². The van der Waals surface area contributed by atoms with Crippen LogP contribution in [0, 0.1) is 0 Å². The molecule has 0 radical (unpaired) electrons. The van der Waals surface area contributed by atoms with Gasteiger partial charge in [-0.3, -0.25) is 14.8 Å². The highest BCUT2D eigenvalue weighted by Crippen LogP contribution is 2.14. The molecule has 0 saturated carbocycles. The summed E-state index contributed by atoms with van der Waals surface area (Å²) in [7, 11) is 0. The third kappa shape index (κ3) is 4.87. The lowest BCUT2D eigenvalue weighted by Gasteiger charge is -2.02. The van der Waals surface area contributed by atoms with Crippen LogP contribution in [0.3, 0.4) is 0 Å². The Labute approximate surface area is 155 Å². The number of carbonyl (C=O) groups is 2. The van der Waals surface area contributed by atoms with Gasteiger partial charge in [-0.05, 0) is 46.2 Å². The molecule has 0 aromatic heterocycles. The van der Waals surface area contributed by atoms with Gasteiger partial charge >= 0.3 is 0 Å². The highest BCUT2D eigenvalue weighted by molar-refractivity contribution is 5.96. The first kappa shape index (κ1) is 18.0. The molecule has 0 spiro atoms. The number of fused-ring (bicyclic) bond motifs is 1. The maximum Gasteiger partial charge on any atom is 0.271 e. The highest BCUT2D eigenvalue weighted by atomic mass is 16.5. The number of hydrogen-bond donors (Lipinski definition) is 3. The van der Waals surface area contributed by atoms with Gasteiger partial charge in [0.05, 0.1) is 6.21 Å². The van der Waals surface area contributed by atoms with Crippen molar-refractivity contribution in [2.75, 3.05) is 0 Å². The number of hydrogen-bond acceptors (Lipinski definition) is 4. The molecule has 6 heteroatoms. The van der Waals surface area contributed by atoms with Crippen molar-refractivity contribution in [2.45, 2.75) is 0 Å². The van der Waals surface area contributed by atoms with Gasteiger partial charge in [-0.15, -0.1) is 0 Å². The van der Waals surface area contributed by atoms with E-state index in [1.165, 1.54) is 11.6 Å². The van der Waals surface area contributed by atoms with E-state index in [4.69, 9.17) is 5.21 Å². The molecule has 2 amide bonds. The number of rotatable bonds is 5. The average Bonchev–Trinajstić information content (AvgIpc) is 2.72. The second-order valence-electron chi connectivity index (χ2n) is 5.74. The molecule has 0 aliphatic carbocycles. The molecule has 0 unspecified atom stereocenters. The Morgan fingerprint density at radius 1 is 0.889 bits per heavy atom. The van der Waals surface area contributed by atoms with E-state index in [9.17, 15) is 9.59 Å². The summed E-state index contributed by atoms with van der Waals surface area (Å²) >= 11 is 0. The maximum atomic E-state index is 12.2. The van der Waals surface area contributed by atoms with Crippen LogP contribution in [0.15, 0.2) is 77.9 Å². The monoisotopic (exact) mass is 359 g/mol. The third-order valence-corrected chi connectivity index (χ3v) is 3.84. The zero-order valence-electron chi connectivity index (χ0n) is 14.3. The van der Waals surface area contributed by atoms with Gasteiger partial charge in [0.2, 0.25) is 0 Å². The first-order valence-corrected chi connectivity index (χ1v) is 8.20. The fourth-order valence-corrected chi connectivity index (χ4v) is 2.51. The van der Waals surface area contributed by atoms with Crippen LogP contribution >= 0.6 is 0 Å². The first-order chi connectivity index (χ1) is 13.2. The lowest BCUT2D eigenvalue weighted by atomic mass is 10.1. The molecule has 3 rings (SSSR count). The minimum absolute atomic E-state index is 0.367. The number of nitrogens with one attached hydrogen (secondary N) is 2. The van der Waals surface area contributed by atoms with Crippen LogP contribution in [-0.4, -0.2) is 23.2 Å². The predicted molar refractivity (Wildman–Crippen MR) is 104 cm³/mol. The van der Waals surface area contributed by atoms with Crippen molar-refractivity contribution in [3.8, 4) is 0 Å². The summed E-state index contributed by atoms with van der Waals surface area (Å²) in [4.78, 5) is 23.2. The van der Waals surface area contributed by atoms with Gasteiger partial charge in [-0.25, -0.2) is 10.9 Å². The lowest BCUT2D eigenvalue weighted by Crippen LogP contribution is -2.17. The zero-order valence-corrected chi connectivity index (χ0v) is 14.3. The van der Waals surface area contributed by atoms with Crippen LogP contribution in [0.2, 0.25) is 0 Å². The number of nitrogens with zero attached hydrogens (tertiary/aromatic N) is 1. The molecule has 0 saturated heterocycles. The Morgan fingerprint density at radius 2 is 1.70 bits per heavy atom. The summed E-state index contributed by atoms with van der Waals surface area (Å²) in [6.45, 7) is 0. The largest absolute Gasteiger partial charge is 0.288 e. The fourth-order valence-electron chi connectivity index (χ4n) is 2.51. The minimum atomic E-state index is -0.648. The molecule has 3 aromatic rings. The van der Waals surface area contributed by atoms with Crippen molar-refractivity contribution >= 4 is 34.9 Å². The molecular weight excluding hydrogens is 342 g/mol. The van der Waals surface area contributed by atoms with E-state index in [0.29, 0.717) is 11.1 Å². The topological polar surface area (TPSA) is 90.8 Å². The summed E-state index contributed by atoms with van der Waals surface area (Å²) < 4.78 is 0. The Bertz CT molecular complexity index is 1040. The fraction of sp³-hybridized carbons (Fsp3) is 0. The highest BCUT2D eigenvalue weighted by Gasteiger charge is 2.04. The van der Waals surface area contributed by atoms with Gasteiger partial charge in [-0.1, -0.05) is 48.5 Å². The van der Waals surface area contributed by atoms with E-state index in [-0.39, 0.29) is 5.91 Å². The van der Waals surface area contributed by atoms with E-state index in [1.807, 2.05) is 42.5 Å². The van der Waals surface area contributed by atoms with Crippen molar-refractivity contribution < 1.29 is 14.8 Å². The molecule has 134 valence electrons. The van der Waals surface area contributed by atoms with E-state index < -0.39 is 5.91 Å². The first-order valence-electron chi connectivity index (χ1n) is 8.20. The third-order valence-electron chi connectivity index (χ3n) is 3.84. The standard InChI is InChI=1S/C21H17N3O3/c25-20(24-27)11-9-15-4-3-7-19(12-15)21(26)23-22-14-16-8-10-17-5-1-2-6-18(17)13-16/h1-14,27H,(H,23,26)(H,24,25)/b11-9+,22-14+. The molecule has 27 heavy (non-hydrogen) atoms. The summed E-state index contributed by atoms with van der Waals surface area (Å²) in [6.07, 6.45) is 4.23. The van der Waals surface area contributed by atoms with Crippen LogP contribution in [0.4, 0.5) is 0 Å². The smallest absolute Gasteiger partial charge is 0.271 e. The average molecular weight is 359 g/mol. The molecule has 3 N–H and O–H groups in total. The molecule has 3 aromatic carbocycles. The molecule has 0 bridgehead atoms. The number of amides is 2. The van der Waals surface area contributed by atoms with Crippen LogP contribution in [0.5, 0.6) is 0 Å². The van der Waals surface area contributed by atoms with Gasteiger partial charge in [0.25, 0.3) is 11.8 Å². The number of benzene rings is 3. The van der Waals surface area contributed by atoms with Crippen molar-refractivity contribution in [3.63, 3.8) is 0 Å². The molecule has 0 aliphatic rings. The van der Waals surface area contributed by atoms with Crippen LogP contribution in [-0.2, 0) is 4.79 Å². The molecule has 0 atom stereocenters. The van der Waals surface area contributed by atoms with Crippen molar-refractivity contribution in [3.05, 3.63) is 89.5 Å². The summed E-state index contributed by atoms with van der Waals surface area (Å²) in [5.41, 5.74) is 5.91. The van der Waals surface area contributed by atoms with Crippen molar-refractivity contribution in [2.24, 2.45) is 5.10 Å². The van der Waals surface area contributed by atoms with E-state index in [2.05, 4.69) is 10.5 Å². The normalized spacial score (nSPS) is 11.1. The Balaban J connectivity index is 1.67. The van der Waals surface area contributed by atoms with Crippen LogP contribution < -0.4 is 10.9 Å². The van der Waals surface area contributed by atoms with Crippen molar-refractivity contribution in [1.29, 1.82) is 0 Å². The predicted octanol–water partition coefficient (Wildman–Crippen LogP) is 3.12. The molecule has 0 fully saturated rings. The quantitative estimate of drug-likeness (QED) is 0.283. The van der Waals surface area contributed by atoms with Crippen molar-refractivity contribution in [1.82, 2.24) is 10.9 Å². The zero-order chi connectivity index (χ0) is 19.1. The Kier molecular flexibility index (Phi) is 5.71. The maximum absolute atomic E-state index is 12.2. The Hall–Kier alpha value is -3.77.